The van der Waals surface area contributed by atoms with Crippen molar-refractivity contribution in [2.24, 2.45) is 5.41 Å². The van der Waals surface area contributed by atoms with Crippen LogP contribution in [0.2, 0.25) is 0 Å². The summed E-state index contributed by atoms with van der Waals surface area (Å²) in [5, 5.41) is 13.5. The Morgan fingerprint density at radius 3 is 2.60 bits per heavy atom. The van der Waals surface area contributed by atoms with Crippen LogP contribution < -0.4 is 0 Å². The molecule has 0 radical (unpaired) electrons. The van der Waals surface area contributed by atoms with Gasteiger partial charge < -0.3 is 5.11 Å². The van der Waals surface area contributed by atoms with Gasteiger partial charge in [-0.2, -0.15) is 5.10 Å². The molecule has 4 heteroatoms. The largest absolute Gasteiger partial charge is 0.481 e. The second-order valence-electron chi connectivity index (χ2n) is 4.86. The molecule has 82 valence electrons. The monoisotopic (exact) mass is 208 g/mol. The first kappa shape index (κ1) is 10.2. The summed E-state index contributed by atoms with van der Waals surface area (Å²) in [6, 6.07) is 0. The molecule has 1 atom stereocenters. The number of carboxylic acid groups (broad SMARTS) is 1. The van der Waals surface area contributed by atoms with Crippen molar-refractivity contribution in [1.29, 1.82) is 0 Å². The van der Waals surface area contributed by atoms with E-state index in [2.05, 4.69) is 5.10 Å². The number of hydrogen-bond donors (Lipinski definition) is 1. The van der Waals surface area contributed by atoms with Gasteiger partial charge in [-0.25, -0.2) is 0 Å². The molecule has 1 aliphatic rings. The lowest BCUT2D eigenvalue weighted by atomic mass is 9.90. The quantitative estimate of drug-likeness (QED) is 0.821. The van der Waals surface area contributed by atoms with Crippen LogP contribution in [0.4, 0.5) is 0 Å². The topological polar surface area (TPSA) is 55.1 Å². The summed E-state index contributed by atoms with van der Waals surface area (Å²) in [6.07, 6.45) is 4.24. The van der Waals surface area contributed by atoms with Crippen molar-refractivity contribution in [1.82, 2.24) is 9.78 Å². The van der Waals surface area contributed by atoms with E-state index in [0.29, 0.717) is 6.42 Å². The van der Waals surface area contributed by atoms with E-state index in [1.165, 1.54) is 0 Å². The summed E-state index contributed by atoms with van der Waals surface area (Å²) >= 11 is 0. The Kier molecular flexibility index (Phi) is 1.93. The van der Waals surface area contributed by atoms with E-state index in [9.17, 15) is 9.90 Å². The second-order valence-corrected chi connectivity index (χ2v) is 4.86. The third kappa shape index (κ3) is 1.20. The van der Waals surface area contributed by atoms with E-state index in [-0.39, 0.29) is 5.41 Å². The Morgan fingerprint density at radius 2 is 2.27 bits per heavy atom. The van der Waals surface area contributed by atoms with Crippen molar-refractivity contribution >= 4 is 5.97 Å². The number of aliphatic carboxylic acids is 1. The summed E-state index contributed by atoms with van der Waals surface area (Å²) in [6.45, 7) is 6.74. The van der Waals surface area contributed by atoms with Gasteiger partial charge >= 0.3 is 5.97 Å². The molecule has 1 N–H and O–H groups in total. The van der Waals surface area contributed by atoms with Crippen molar-refractivity contribution < 1.29 is 9.90 Å². The second kappa shape index (κ2) is 2.84. The lowest BCUT2D eigenvalue weighted by Crippen LogP contribution is -2.25. The highest BCUT2D eigenvalue weighted by Gasteiger charge is 2.68. The van der Waals surface area contributed by atoms with Crippen LogP contribution >= 0.6 is 0 Å². The zero-order chi connectivity index (χ0) is 11.3. The molecule has 0 saturated heterocycles. The van der Waals surface area contributed by atoms with E-state index in [1.807, 2.05) is 27.0 Å². The molecule has 2 rings (SSSR count). The lowest BCUT2D eigenvalue weighted by molar-refractivity contribution is -0.141. The Hall–Kier alpha value is -1.32. The molecule has 1 aliphatic carbocycles. The highest BCUT2D eigenvalue weighted by atomic mass is 16.4. The molecule has 15 heavy (non-hydrogen) atoms. The third-order valence-electron chi connectivity index (χ3n) is 3.55. The number of rotatable bonds is 3. The average molecular weight is 208 g/mol. The van der Waals surface area contributed by atoms with Gasteiger partial charge in [0.2, 0.25) is 0 Å². The minimum Gasteiger partial charge on any atom is -0.481 e. The van der Waals surface area contributed by atoms with Gasteiger partial charge in [0.25, 0.3) is 0 Å². The number of hydrogen-bond acceptors (Lipinski definition) is 2. The summed E-state index contributed by atoms with van der Waals surface area (Å²) in [5.41, 5.74) is -0.0252. The van der Waals surface area contributed by atoms with Crippen molar-refractivity contribution in [2.45, 2.75) is 39.2 Å². The van der Waals surface area contributed by atoms with Crippen molar-refractivity contribution in [3.63, 3.8) is 0 Å². The van der Waals surface area contributed by atoms with E-state index in [1.54, 1.807) is 10.9 Å². The van der Waals surface area contributed by atoms with Gasteiger partial charge in [-0.1, -0.05) is 13.8 Å². The Labute approximate surface area is 88.9 Å². The first-order valence-electron chi connectivity index (χ1n) is 5.20. The molecule has 1 fully saturated rings. The first-order chi connectivity index (χ1) is 6.94. The minimum atomic E-state index is -0.733. The van der Waals surface area contributed by atoms with E-state index in [0.717, 1.165) is 12.1 Å². The maximum Gasteiger partial charge on any atom is 0.314 e. The summed E-state index contributed by atoms with van der Waals surface area (Å²) < 4.78 is 1.77. The maximum absolute atomic E-state index is 11.4. The zero-order valence-corrected chi connectivity index (χ0v) is 9.32. The molecule has 0 bridgehead atoms. The predicted octanol–water partition coefficient (Wildman–Crippen LogP) is 1.66. The van der Waals surface area contributed by atoms with Crippen LogP contribution in [0.25, 0.3) is 0 Å². The molecule has 1 unspecified atom stereocenters. The summed E-state index contributed by atoms with van der Waals surface area (Å²) in [7, 11) is 0. The van der Waals surface area contributed by atoms with Crippen LogP contribution in [0.1, 0.15) is 32.8 Å². The summed E-state index contributed by atoms with van der Waals surface area (Å²) in [5.74, 6) is -0.733. The molecule has 0 aliphatic heterocycles. The Morgan fingerprint density at radius 1 is 1.67 bits per heavy atom. The van der Waals surface area contributed by atoms with E-state index < -0.39 is 11.4 Å². The molecule has 0 spiro atoms. The minimum absolute atomic E-state index is 0.152. The lowest BCUT2D eigenvalue weighted by Gasteiger charge is -2.13. The Bertz CT molecular complexity index is 408. The van der Waals surface area contributed by atoms with Crippen molar-refractivity contribution in [3.05, 3.63) is 18.0 Å². The molecular formula is C11H16N2O2. The van der Waals surface area contributed by atoms with Crippen molar-refractivity contribution in [3.8, 4) is 0 Å². The van der Waals surface area contributed by atoms with Crippen LogP contribution in [-0.4, -0.2) is 20.9 Å². The molecule has 1 aromatic rings. The van der Waals surface area contributed by atoms with Crippen molar-refractivity contribution in [2.75, 3.05) is 0 Å². The average Bonchev–Trinajstić information content (AvgIpc) is 2.60. The molecule has 4 nitrogen and oxygen atoms in total. The first-order valence-corrected chi connectivity index (χ1v) is 5.20. The van der Waals surface area contributed by atoms with Gasteiger partial charge in [0, 0.05) is 18.3 Å². The number of aromatic nitrogens is 2. The molecule has 0 amide bonds. The number of nitrogens with zero attached hydrogens (tertiary/aromatic N) is 2. The predicted molar refractivity (Wildman–Crippen MR) is 55.6 cm³/mol. The van der Waals surface area contributed by atoms with Crippen LogP contribution in [0.3, 0.4) is 0 Å². The summed E-state index contributed by atoms with van der Waals surface area (Å²) in [4.78, 5) is 11.4. The molecule has 1 heterocycles. The van der Waals surface area contributed by atoms with Crippen LogP contribution in [0, 0.1) is 5.41 Å². The van der Waals surface area contributed by atoms with Gasteiger partial charge in [0.15, 0.2) is 0 Å². The van der Waals surface area contributed by atoms with Crippen LogP contribution in [0.15, 0.2) is 12.4 Å². The standard InChI is InChI=1S/C11H16N2O2/c1-4-13-6-8(5-12-13)11(9(14)15)7-10(11,2)3/h5-6H,4,7H2,1-3H3,(H,14,15). The van der Waals surface area contributed by atoms with Gasteiger partial charge in [0.1, 0.15) is 5.41 Å². The fourth-order valence-electron chi connectivity index (χ4n) is 2.36. The van der Waals surface area contributed by atoms with Gasteiger partial charge in [-0.15, -0.1) is 0 Å². The van der Waals surface area contributed by atoms with Gasteiger partial charge in [-0.05, 0) is 18.8 Å². The van der Waals surface area contributed by atoms with E-state index >= 15 is 0 Å². The molecule has 1 saturated carbocycles. The van der Waals surface area contributed by atoms with E-state index in [4.69, 9.17) is 0 Å². The molecule has 0 aromatic carbocycles. The molecular weight excluding hydrogens is 192 g/mol. The number of carbonyl (C=O) groups is 1. The highest BCUT2D eigenvalue weighted by Crippen LogP contribution is 2.64. The van der Waals surface area contributed by atoms with Crippen LogP contribution in [0.5, 0.6) is 0 Å². The fourth-order valence-corrected chi connectivity index (χ4v) is 2.36. The maximum atomic E-state index is 11.4. The van der Waals surface area contributed by atoms with Crippen LogP contribution in [-0.2, 0) is 16.8 Å². The number of carboxylic acids is 1. The normalized spacial score (nSPS) is 27.7. The molecule has 1 aromatic heterocycles. The smallest absolute Gasteiger partial charge is 0.314 e. The van der Waals surface area contributed by atoms with Gasteiger partial charge in [-0.3, -0.25) is 9.48 Å². The SMILES string of the molecule is CCn1cc(C2(C(=O)O)CC2(C)C)cn1. The highest BCUT2D eigenvalue weighted by molar-refractivity contribution is 5.86. The zero-order valence-electron chi connectivity index (χ0n) is 9.32. The van der Waals surface area contributed by atoms with Gasteiger partial charge in [0.05, 0.1) is 6.20 Å². The Balaban J connectivity index is 2.40. The number of aryl methyl sites for hydroxylation is 1. The fraction of sp³-hybridized carbons (Fsp3) is 0.636. The third-order valence-corrected chi connectivity index (χ3v) is 3.55.